The zero-order chi connectivity index (χ0) is 13.2. The van der Waals surface area contributed by atoms with Gasteiger partial charge in [0, 0.05) is 12.6 Å². The molecule has 1 fully saturated rings. The number of nitrogens with one attached hydrogen (secondary N) is 2. The second kappa shape index (κ2) is 5.09. The molecule has 0 saturated heterocycles. The van der Waals surface area contributed by atoms with Crippen LogP contribution in [0.1, 0.15) is 25.3 Å². The van der Waals surface area contributed by atoms with E-state index in [4.69, 9.17) is 9.47 Å². The van der Waals surface area contributed by atoms with Gasteiger partial charge in [0.25, 0.3) is 0 Å². The summed E-state index contributed by atoms with van der Waals surface area (Å²) in [6.45, 7) is 2.80. The van der Waals surface area contributed by atoms with Crippen molar-refractivity contribution in [1.82, 2.24) is 10.6 Å². The predicted molar refractivity (Wildman–Crippen MR) is 70.0 cm³/mol. The smallest absolute Gasteiger partial charge is 0.237 e. The summed E-state index contributed by atoms with van der Waals surface area (Å²) >= 11 is 0. The predicted octanol–water partition coefficient (Wildman–Crippen LogP) is 1.17. The normalized spacial score (nSPS) is 18.2. The van der Waals surface area contributed by atoms with Gasteiger partial charge in [-0.15, -0.1) is 0 Å². The maximum atomic E-state index is 11.8. The minimum absolute atomic E-state index is 0.0724. The second-order valence-electron chi connectivity index (χ2n) is 5.07. The summed E-state index contributed by atoms with van der Waals surface area (Å²) < 4.78 is 10.6. The van der Waals surface area contributed by atoms with Crippen LogP contribution in [-0.4, -0.2) is 24.8 Å². The molecule has 2 N–H and O–H groups in total. The number of rotatable bonds is 5. The van der Waals surface area contributed by atoms with Crippen LogP contribution in [0.5, 0.6) is 11.5 Å². The number of carbonyl (C=O) groups is 1. The molecule has 0 bridgehead atoms. The van der Waals surface area contributed by atoms with Crippen molar-refractivity contribution in [3.05, 3.63) is 23.8 Å². The second-order valence-corrected chi connectivity index (χ2v) is 5.07. The fourth-order valence-electron chi connectivity index (χ4n) is 1.97. The van der Waals surface area contributed by atoms with Crippen molar-refractivity contribution >= 4 is 5.91 Å². The zero-order valence-corrected chi connectivity index (χ0v) is 10.9. The first-order valence-corrected chi connectivity index (χ1v) is 6.64. The monoisotopic (exact) mass is 262 g/mol. The average Bonchev–Trinajstić information content (AvgIpc) is 3.10. The maximum Gasteiger partial charge on any atom is 0.237 e. The third kappa shape index (κ3) is 2.98. The van der Waals surface area contributed by atoms with Crippen molar-refractivity contribution in [2.75, 3.05) is 6.79 Å². The summed E-state index contributed by atoms with van der Waals surface area (Å²) in [6, 6.07) is 6.04. The molecule has 0 aromatic heterocycles. The first kappa shape index (κ1) is 12.3. The highest BCUT2D eigenvalue weighted by Gasteiger charge is 2.25. The summed E-state index contributed by atoms with van der Waals surface area (Å²) in [5.41, 5.74) is 1.08. The first-order chi connectivity index (χ1) is 9.22. The lowest BCUT2D eigenvalue weighted by Crippen LogP contribution is -2.42. The zero-order valence-electron chi connectivity index (χ0n) is 10.9. The van der Waals surface area contributed by atoms with Gasteiger partial charge in [0.1, 0.15) is 0 Å². The molecule has 1 aromatic carbocycles. The van der Waals surface area contributed by atoms with Crippen molar-refractivity contribution in [2.45, 2.75) is 38.4 Å². The number of amides is 1. The largest absolute Gasteiger partial charge is 0.454 e. The number of benzene rings is 1. The van der Waals surface area contributed by atoms with E-state index >= 15 is 0 Å². The molecule has 1 amide bonds. The molecule has 2 aliphatic rings. The summed E-state index contributed by atoms with van der Waals surface area (Å²) in [4.78, 5) is 11.8. The molecule has 0 spiro atoms. The Morgan fingerprint density at radius 2 is 2.16 bits per heavy atom. The molecule has 1 saturated carbocycles. The van der Waals surface area contributed by atoms with Crippen LogP contribution in [0.15, 0.2) is 18.2 Å². The molecule has 0 radical (unpaired) electrons. The van der Waals surface area contributed by atoms with Crippen LogP contribution in [0, 0.1) is 0 Å². The Labute approximate surface area is 112 Å². The van der Waals surface area contributed by atoms with Gasteiger partial charge in [-0.25, -0.2) is 0 Å². The Balaban J connectivity index is 1.52. The third-order valence-electron chi connectivity index (χ3n) is 3.37. The fourth-order valence-corrected chi connectivity index (χ4v) is 1.97. The molecule has 1 aromatic rings. The van der Waals surface area contributed by atoms with Gasteiger partial charge in [0.05, 0.1) is 6.04 Å². The van der Waals surface area contributed by atoms with Crippen LogP contribution >= 0.6 is 0 Å². The highest BCUT2D eigenvalue weighted by Crippen LogP contribution is 2.32. The van der Waals surface area contributed by atoms with Crippen LogP contribution in [0.25, 0.3) is 0 Å². The van der Waals surface area contributed by atoms with Crippen molar-refractivity contribution in [2.24, 2.45) is 0 Å². The SMILES string of the molecule is CC(NCc1ccc2c(c1)OCO2)C(=O)NC1CC1. The Morgan fingerprint density at radius 3 is 2.95 bits per heavy atom. The van der Waals surface area contributed by atoms with Gasteiger partial charge in [0.15, 0.2) is 11.5 Å². The molecule has 1 atom stereocenters. The summed E-state index contributed by atoms with van der Waals surface area (Å²) in [7, 11) is 0. The van der Waals surface area contributed by atoms with Crippen molar-refractivity contribution in [3.63, 3.8) is 0 Å². The number of ether oxygens (including phenoxy) is 2. The van der Waals surface area contributed by atoms with Gasteiger partial charge in [-0.1, -0.05) is 6.07 Å². The molecule has 1 aliphatic heterocycles. The van der Waals surface area contributed by atoms with Crippen LogP contribution in [0.3, 0.4) is 0 Å². The van der Waals surface area contributed by atoms with Gasteiger partial charge in [-0.05, 0) is 37.5 Å². The number of carbonyl (C=O) groups excluding carboxylic acids is 1. The van der Waals surface area contributed by atoms with E-state index in [0.717, 1.165) is 29.9 Å². The lowest BCUT2D eigenvalue weighted by molar-refractivity contribution is -0.122. The highest BCUT2D eigenvalue weighted by atomic mass is 16.7. The number of fused-ring (bicyclic) bond motifs is 1. The van der Waals surface area contributed by atoms with Gasteiger partial charge in [0.2, 0.25) is 12.7 Å². The minimum atomic E-state index is -0.189. The standard InChI is InChI=1S/C14H18N2O3/c1-9(14(17)16-11-3-4-11)15-7-10-2-5-12-13(6-10)19-8-18-12/h2,5-6,9,11,15H,3-4,7-8H2,1H3,(H,16,17). The topological polar surface area (TPSA) is 59.6 Å². The summed E-state index contributed by atoms with van der Waals surface area (Å²) in [6.07, 6.45) is 2.22. The van der Waals surface area contributed by atoms with Gasteiger partial charge >= 0.3 is 0 Å². The summed E-state index contributed by atoms with van der Waals surface area (Å²) in [5, 5.41) is 6.20. The molecule has 1 aliphatic carbocycles. The molecule has 5 nitrogen and oxygen atoms in total. The molecular formula is C14H18N2O3. The molecule has 3 rings (SSSR count). The molecule has 102 valence electrons. The fraction of sp³-hybridized carbons (Fsp3) is 0.500. The van der Waals surface area contributed by atoms with E-state index in [1.165, 1.54) is 0 Å². The van der Waals surface area contributed by atoms with E-state index in [1.54, 1.807) is 0 Å². The third-order valence-corrected chi connectivity index (χ3v) is 3.37. The van der Waals surface area contributed by atoms with E-state index in [1.807, 2.05) is 25.1 Å². The lowest BCUT2D eigenvalue weighted by atomic mass is 10.2. The molecule has 19 heavy (non-hydrogen) atoms. The van der Waals surface area contributed by atoms with Gasteiger partial charge in [-0.2, -0.15) is 0 Å². The Bertz CT molecular complexity index is 486. The van der Waals surface area contributed by atoms with Gasteiger partial charge in [-0.3, -0.25) is 4.79 Å². The van der Waals surface area contributed by atoms with E-state index < -0.39 is 0 Å². The van der Waals surface area contributed by atoms with E-state index in [0.29, 0.717) is 12.6 Å². The lowest BCUT2D eigenvalue weighted by Gasteiger charge is -2.14. The Morgan fingerprint density at radius 1 is 1.37 bits per heavy atom. The minimum Gasteiger partial charge on any atom is -0.454 e. The van der Waals surface area contributed by atoms with E-state index in [2.05, 4.69) is 10.6 Å². The van der Waals surface area contributed by atoms with Crippen molar-refractivity contribution < 1.29 is 14.3 Å². The number of hydrogen-bond acceptors (Lipinski definition) is 4. The number of hydrogen-bond donors (Lipinski definition) is 2. The van der Waals surface area contributed by atoms with E-state index in [-0.39, 0.29) is 18.7 Å². The average molecular weight is 262 g/mol. The molecular weight excluding hydrogens is 244 g/mol. The van der Waals surface area contributed by atoms with Crippen LogP contribution in [-0.2, 0) is 11.3 Å². The van der Waals surface area contributed by atoms with Crippen LogP contribution < -0.4 is 20.1 Å². The van der Waals surface area contributed by atoms with Crippen LogP contribution in [0.4, 0.5) is 0 Å². The van der Waals surface area contributed by atoms with Crippen LogP contribution in [0.2, 0.25) is 0 Å². The molecule has 1 unspecified atom stereocenters. The van der Waals surface area contributed by atoms with Crippen molar-refractivity contribution in [3.8, 4) is 11.5 Å². The highest BCUT2D eigenvalue weighted by molar-refractivity contribution is 5.81. The summed E-state index contributed by atoms with van der Waals surface area (Å²) in [5.74, 6) is 1.63. The van der Waals surface area contributed by atoms with Crippen molar-refractivity contribution in [1.29, 1.82) is 0 Å². The Hall–Kier alpha value is -1.75. The van der Waals surface area contributed by atoms with Gasteiger partial charge < -0.3 is 20.1 Å². The first-order valence-electron chi connectivity index (χ1n) is 6.64. The quantitative estimate of drug-likeness (QED) is 0.836. The molecule has 5 heteroatoms. The van der Waals surface area contributed by atoms with E-state index in [9.17, 15) is 4.79 Å². The maximum absolute atomic E-state index is 11.8. The molecule has 1 heterocycles. The Kier molecular flexibility index (Phi) is 3.29.